The number of ether oxygens (including phenoxy) is 1. The number of nitrogens with one attached hydrogen (secondary N) is 1. The van der Waals surface area contributed by atoms with Gasteiger partial charge in [0.05, 0.1) is 19.3 Å². The Morgan fingerprint density at radius 2 is 2.00 bits per heavy atom. The van der Waals surface area contributed by atoms with E-state index in [0.29, 0.717) is 19.4 Å². The van der Waals surface area contributed by atoms with E-state index in [-0.39, 0.29) is 24.5 Å². The summed E-state index contributed by atoms with van der Waals surface area (Å²) in [5.74, 6) is 0.976. The zero-order valence-electron chi connectivity index (χ0n) is 11.9. The van der Waals surface area contributed by atoms with Crippen LogP contribution in [0.1, 0.15) is 26.7 Å². The average Bonchev–Trinajstić information content (AvgIpc) is 2.42. The van der Waals surface area contributed by atoms with E-state index in [1.165, 1.54) is 0 Å². The molecule has 0 aromatic heterocycles. The Hall–Kier alpha value is -1.07. The average molecular weight is 344 g/mol. The van der Waals surface area contributed by atoms with Crippen molar-refractivity contribution < 1.29 is 14.6 Å². The molecule has 0 bridgehead atoms. The highest BCUT2D eigenvalue weighted by Gasteiger charge is 2.14. The molecule has 0 aliphatic carbocycles. The minimum absolute atomic E-state index is 0.0290. The first kappa shape index (κ1) is 17.0. The number of amides is 1. The molecule has 20 heavy (non-hydrogen) atoms. The maximum atomic E-state index is 11.7. The van der Waals surface area contributed by atoms with Crippen LogP contribution in [-0.2, 0) is 4.79 Å². The molecule has 1 rings (SSSR count). The molecule has 0 saturated carbocycles. The Kier molecular flexibility index (Phi) is 7.62. The Morgan fingerprint density at radius 1 is 1.35 bits per heavy atom. The van der Waals surface area contributed by atoms with Gasteiger partial charge in [0.1, 0.15) is 5.75 Å². The fraction of sp³-hybridized carbons (Fsp3) is 0.533. The second-order valence-corrected chi connectivity index (χ2v) is 5.92. The molecule has 5 heteroatoms. The van der Waals surface area contributed by atoms with E-state index in [4.69, 9.17) is 9.84 Å². The lowest BCUT2D eigenvalue weighted by atomic mass is 10.1. The monoisotopic (exact) mass is 343 g/mol. The van der Waals surface area contributed by atoms with E-state index in [2.05, 4.69) is 21.2 Å². The van der Waals surface area contributed by atoms with Crippen molar-refractivity contribution >= 4 is 21.8 Å². The van der Waals surface area contributed by atoms with E-state index in [1.54, 1.807) is 0 Å². The maximum Gasteiger partial charge on any atom is 0.220 e. The summed E-state index contributed by atoms with van der Waals surface area (Å²) in [6, 6.07) is 7.41. The lowest BCUT2D eigenvalue weighted by Gasteiger charge is -2.19. The molecule has 4 nitrogen and oxygen atoms in total. The van der Waals surface area contributed by atoms with E-state index in [9.17, 15) is 4.79 Å². The van der Waals surface area contributed by atoms with Crippen LogP contribution in [-0.4, -0.2) is 30.3 Å². The van der Waals surface area contributed by atoms with Crippen LogP contribution >= 0.6 is 15.9 Å². The topological polar surface area (TPSA) is 58.6 Å². The van der Waals surface area contributed by atoms with Gasteiger partial charge in [-0.25, -0.2) is 0 Å². The molecule has 1 aromatic carbocycles. The highest BCUT2D eigenvalue weighted by Crippen LogP contribution is 2.16. The van der Waals surface area contributed by atoms with Gasteiger partial charge in [0.25, 0.3) is 0 Å². The van der Waals surface area contributed by atoms with Gasteiger partial charge in [-0.15, -0.1) is 0 Å². The fourth-order valence-corrected chi connectivity index (χ4v) is 1.92. The van der Waals surface area contributed by atoms with Crippen LogP contribution in [0.2, 0.25) is 0 Å². The molecule has 0 saturated heterocycles. The van der Waals surface area contributed by atoms with Crippen molar-refractivity contribution in [3.05, 3.63) is 28.7 Å². The van der Waals surface area contributed by atoms with Crippen molar-refractivity contribution in [1.29, 1.82) is 0 Å². The smallest absolute Gasteiger partial charge is 0.220 e. The summed E-state index contributed by atoms with van der Waals surface area (Å²) in [6.07, 6.45) is 1.05. The number of hydrogen-bond acceptors (Lipinski definition) is 3. The Bertz CT molecular complexity index is 406. The van der Waals surface area contributed by atoms with Crippen LogP contribution in [0.25, 0.3) is 0 Å². The van der Waals surface area contributed by atoms with Crippen LogP contribution in [0.15, 0.2) is 28.7 Å². The zero-order chi connectivity index (χ0) is 15.0. The van der Waals surface area contributed by atoms with Crippen molar-refractivity contribution in [2.75, 3.05) is 13.2 Å². The number of carbonyl (C=O) groups is 1. The second kappa shape index (κ2) is 8.97. The molecule has 0 heterocycles. The van der Waals surface area contributed by atoms with E-state index >= 15 is 0 Å². The van der Waals surface area contributed by atoms with E-state index < -0.39 is 0 Å². The summed E-state index contributed by atoms with van der Waals surface area (Å²) in [6.45, 7) is 4.41. The first-order valence-electron chi connectivity index (χ1n) is 6.81. The van der Waals surface area contributed by atoms with E-state index in [1.807, 2.05) is 38.1 Å². The number of aliphatic hydroxyl groups is 1. The van der Waals surface area contributed by atoms with Crippen LogP contribution in [0, 0.1) is 5.92 Å². The maximum absolute atomic E-state index is 11.7. The number of halogens is 1. The molecule has 2 N–H and O–H groups in total. The standard InChI is InChI=1S/C15H22BrNO3/c1-11(2)14(10-18)17-15(19)4-3-9-20-13-7-5-12(16)6-8-13/h5-8,11,14,18H,3-4,9-10H2,1-2H3,(H,17,19)/t14-/m1/s1. The zero-order valence-corrected chi connectivity index (χ0v) is 13.5. The van der Waals surface area contributed by atoms with Gasteiger partial charge in [-0.2, -0.15) is 0 Å². The minimum Gasteiger partial charge on any atom is -0.494 e. The SMILES string of the molecule is CC(C)[C@@H](CO)NC(=O)CCCOc1ccc(Br)cc1. The summed E-state index contributed by atoms with van der Waals surface area (Å²) in [4.78, 5) is 11.7. The van der Waals surface area contributed by atoms with Crippen LogP contribution < -0.4 is 10.1 Å². The fourth-order valence-electron chi connectivity index (χ4n) is 1.66. The number of hydrogen-bond donors (Lipinski definition) is 2. The third-order valence-electron chi connectivity index (χ3n) is 2.98. The van der Waals surface area contributed by atoms with Crippen molar-refractivity contribution in [2.24, 2.45) is 5.92 Å². The van der Waals surface area contributed by atoms with Gasteiger partial charge in [-0.1, -0.05) is 29.8 Å². The van der Waals surface area contributed by atoms with Gasteiger partial charge >= 0.3 is 0 Å². The molecular weight excluding hydrogens is 322 g/mol. The van der Waals surface area contributed by atoms with Crippen molar-refractivity contribution in [3.8, 4) is 5.75 Å². The largest absolute Gasteiger partial charge is 0.494 e. The molecule has 0 aliphatic heterocycles. The first-order valence-corrected chi connectivity index (χ1v) is 7.61. The molecule has 0 spiro atoms. The van der Waals surface area contributed by atoms with Crippen LogP contribution in [0.5, 0.6) is 5.75 Å². The highest BCUT2D eigenvalue weighted by atomic mass is 79.9. The lowest BCUT2D eigenvalue weighted by Crippen LogP contribution is -2.41. The third kappa shape index (κ3) is 6.39. The predicted molar refractivity (Wildman–Crippen MR) is 82.7 cm³/mol. The summed E-state index contributed by atoms with van der Waals surface area (Å²) >= 11 is 3.36. The van der Waals surface area contributed by atoms with Gasteiger partial charge < -0.3 is 15.2 Å². The van der Waals surface area contributed by atoms with Gasteiger partial charge in [-0.3, -0.25) is 4.79 Å². The molecule has 0 radical (unpaired) electrons. The van der Waals surface area contributed by atoms with Crippen LogP contribution in [0.4, 0.5) is 0 Å². The molecule has 0 fully saturated rings. The molecule has 1 amide bonds. The molecule has 0 unspecified atom stereocenters. The number of aliphatic hydroxyl groups excluding tert-OH is 1. The first-order chi connectivity index (χ1) is 9.52. The third-order valence-corrected chi connectivity index (χ3v) is 3.51. The molecular formula is C15H22BrNO3. The Balaban J connectivity index is 2.20. The summed E-state index contributed by atoms with van der Waals surface area (Å²) < 4.78 is 6.55. The quantitative estimate of drug-likeness (QED) is 0.713. The van der Waals surface area contributed by atoms with Gasteiger partial charge in [0.15, 0.2) is 0 Å². The second-order valence-electron chi connectivity index (χ2n) is 5.01. The summed E-state index contributed by atoms with van der Waals surface area (Å²) in [5.41, 5.74) is 0. The van der Waals surface area contributed by atoms with Crippen molar-refractivity contribution in [1.82, 2.24) is 5.32 Å². The number of carbonyl (C=O) groups excluding carboxylic acids is 1. The van der Waals surface area contributed by atoms with Gasteiger partial charge in [0, 0.05) is 10.9 Å². The molecule has 1 aromatic rings. The Labute approximate surface area is 128 Å². The summed E-state index contributed by atoms with van der Waals surface area (Å²) in [5, 5.41) is 12.0. The minimum atomic E-state index is -0.171. The summed E-state index contributed by atoms with van der Waals surface area (Å²) in [7, 11) is 0. The van der Waals surface area contributed by atoms with Crippen molar-refractivity contribution in [3.63, 3.8) is 0 Å². The van der Waals surface area contributed by atoms with Crippen molar-refractivity contribution in [2.45, 2.75) is 32.7 Å². The number of rotatable bonds is 8. The van der Waals surface area contributed by atoms with Crippen LogP contribution in [0.3, 0.4) is 0 Å². The number of benzene rings is 1. The van der Waals surface area contributed by atoms with Gasteiger partial charge in [-0.05, 0) is 36.6 Å². The molecule has 112 valence electrons. The predicted octanol–water partition coefficient (Wildman–Crippen LogP) is 2.74. The normalized spacial score (nSPS) is 12.2. The molecule has 0 aliphatic rings. The Morgan fingerprint density at radius 3 is 2.55 bits per heavy atom. The van der Waals surface area contributed by atoms with E-state index in [0.717, 1.165) is 10.2 Å². The molecule has 1 atom stereocenters. The van der Waals surface area contributed by atoms with Gasteiger partial charge in [0.2, 0.25) is 5.91 Å². The highest BCUT2D eigenvalue weighted by molar-refractivity contribution is 9.10. The lowest BCUT2D eigenvalue weighted by molar-refractivity contribution is -0.122.